The maximum Gasteiger partial charge on any atom is 0.265 e. The van der Waals surface area contributed by atoms with Crippen LogP contribution < -0.4 is 15.0 Å². The van der Waals surface area contributed by atoms with Crippen LogP contribution >= 0.6 is 11.8 Å². The monoisotopic (exact) mass is 471 g/mol. The molecule has 0 unspecified atom stereocenters. The molecule has 1 N–H and O–H groups in total. The molecule has 0 spiro atoms. The topological polar surface area (TPSA) is 105 Å². The third-order valence-electron chi connectivity index (χ3n) is 4.92. The molecule has 0 aliphatic carbocycles. The molecule has 3 rings (SSSR count). The number of benzene rings is 1. The lowest BCUT2D eigenvalue weighted by Crippen LogP contribution is -2.45. The number of morpholine rings is 1. The number of nitrogens with zero attached hydrogens (tertiary/aromatic N) is 2. The lowest BCUT2D eigenvalue weighted by molar-refractivity contribution is -0.125. The third-order valence-corrected chi connectivity index (χ3v) is 8.09. The number of carbonyl (C=O) groups is 2. The molecule has 0 radical (unpaired) electrons. The molecule has 2 aliphatic heterocycles. The van der Waals surface area contributed by atoms with Gasteiger partial charge in [-0.25, -0.2) is 8.42 Å². The van der Waals surface area contributed by atoms with Crippen LogP contribution in [0.2, 0.25) is 0 Å². The van der Waals surface area contributed by atoms with Crippen molar-refractivity contribution >= 4 is 39.3 Å². The van der Waals surface area contributed by atoms with Crippen molar-refractivity contribution in [3.63, 3.8) is 0 Å². The number of hydrogen-bond acceptors (Lipinski definition) is 7. The molecule has 11 heteroatoms. The van der Waals surface area contributed by atoms with Crippen molar-refractivity contribution in [1.29, 1.82) is 0 Å². The van der Waals surface area contributed by atoms with E-state index in [2.05, 4.69) is 12.2 Å². The van der Waals surface area contributed by atoms with Crippen molar-refractivity contribution in [2.24, 2.45) is 0 Å². The molecule has 9 nitrogen and oxygen atoms in total. The van der Waals surface area contributed by atoms with Crippen molar-refractivity contribution in [1.82, 2.24) is 9.62 Å². The number of nitrogens with one attached hydrogen (secondary N) is 1. The van der Waals surface area contributed by atoms with Gasteiger partial charge in [0.1, 0.15) is 12.3 Å². The van der Waals surface area contributed by atoms with Gasteiger partial charge in [-0.05, 0) is 42.5 Å². The Morgan fingerprint density at radius 2 is 2.00 bits per heavy atom. The SMILES string of the molecule is CCCSCCCNC(=O)CN1C(=O)COc2ccc(S(=O)(=O)N3CCOCC3)cc21. The van der Waals surface area contributed by atoms with Gasteiger partial charge < -0.3 is 14.8 Å². The minimum atomic E-state index is -3.73. The molecule has 0 bridgehead atoms. The smallest absolute Gasteiger partial charge is 0.265 e. The summed E-state index contributed by atoms with van der Waals surface area (Å²) in [6.07, 6.45) is 1.98. The van der Waals surface area contributed by atoms with E-state index >= 15 is 0 Å². The molecule has 2 amide bonds. The molecule has 2 heterocycles. The Kier molecular flexibility index (Phi) is 8.58. The van der Waals surface area contributed by atoms with Crippen LogP contribution in [0.4, 0.5) is 5.69 Å². The molecule has 2 aliphatic rings. The van der Waals surface area contributed by atoms with Crippen LogP contribution in [0.1, 0.15) is 19.8 Å². The number of amides is 2. The fourth-order valence-electron chi connectivity index (χ4n) is 3.30. The van der Waals surface area contributed by atoms with Gasteiger partial charge in [0, 0.05) is 19.6 Å². The van der Waals surface area contributed by atoms with Crippen LogP contribution in [0.25, 0.3) is 0 Å². The summed E-state index contributed by atoms with van der Waals surface area (Å²) in [6.45, 7) is 3.52. The average molecular weight is 472 g/mol. The number of thioether (sulfide) groups is 1. The number of sulfonamides is 1. The van der Waals surface area contributed by atoms with E-state index in [1.807, 2.05) is 11.8 Å². The van der Waals surface area contributed by atoms with Gasteiger partial charge in [-0.1, -0.05) is 6.92 Å². The standard InChI is InChI=1S/C20H29N3O6S2/c1-2-11-30-12-3-6-21-19(24)14-23-17-13-16(4-5-18(17)29-15-20(23)25)31(26,27)22-7-9-28-10-8-22/h4-5,13H,2-3,6-12,14-15H2,1H3,(H,21,24). The molecule has 0 saturated carbocycles. The Labute approximate surface area is 187 Å². The van der Waals surface area contributed by atoms with E-state index in [0.29, 0.717) is 31.2 Å². The molecule has 1 fully saturated rings. The molecular weight excluding hydrogens is 442 g/mol. The normalized spacial score (nSPS) is 17.2. The van der Waals surface area contributed by atoms with Gasteiger partial charge >= 0.3 is 0 Å². The summed E-state index contributed by atoms with van der Waals surface area (Å²) in [6, 6.07) is 4.41. The maximum absolute atomic E-state index is 13.0. The molecule has 1 saturated heterocycles. The zero-order chi connectivity index (χ0) is 22.3. The Bertz CT molecular complexity index is 887. The van der Waals surface area contributed by atoms with Gasteiger partial charge in [0.2, 0.25) is 15.9 Å². The zero-order valence-corrected chi connectivity index (χ0v) is 19.3. The number of fused-ring (bicyclic) bond motifs is 1. The van der Waals surface area contributed by atoms with Crippen molar-refractivity contribution in [2.45, 2.75) is 24.7 Å². The Balaban J connectivity index is 1.69. The minimum Gasteiger partial charge on any atom is -0.482 e. The van der Waals surface area contributed by atoms with E-state index < -0.39 is 10.0 Å². The summed E-state index contributed by atoms with van der Waals surface area (Å²) in [7, 11) is -3.73. The lowest BCUT2D eigenvalue weighted by Gasteiger charge is -2.30. The van der Waals surface area contributed by atoms with E-state index in [1.165, 1.54) is 27.4 Å². The second-order valence-electron chi connectivity index (χ2n) is 7.23. The first-order valence-electron chi connectivity index (χ1n) is 10.4. The number of ether oxygens (including phenoxy) is 2. The van der Waals surface area contributed by atoms with Gasteiger partial charge in [-0.3, -0.25) is 14.5 Å². The Morgan fingerprint density at radius 3 is 2.74 bits per heavy atom. The van der Waals surface area contributed by atoms with Crippen LogP contribution in [0.5, 0.6) is 5.75 Å². The van der Waals surface area contributed by atoms with Crippen LogP contribution in [-0.4, -0.2) is 82.0 Å². The first kappa shape index (κ1) is 23.8. The number of rotatable bonds is 10. The van der Waals surface area contributed by atoms with E-state index in [4.69, 9.17) is 9.47 Å². The fraction of sp³-hybridized carbons (Fsp3) is 0.600. The highest BCUT2D eigenvalue weighted by Crippen LogP contribution is 2.35. The number of carbonyl (C=O) groups excluding carboxylic acids is 2. The first-order valence-corrected chi connectivity index (χ1v) is 13.0. The van der Waals surface area contributed by atoms with Crippen LogP contribution in [0, 0.1) is 0 Å². The zero-order valence-electron chi connectivity index (χ0n) is 17.7. The summed E-state index contributed by atoms with van der Waals surface area (Å²) in [5.41, 5.74) is 0.291. The lowest BCUT2D eigenvalue weighted by atomic mass is 10.2. The van der Waals surface area contributed by atoms with E-state index in [1.54, 1.807) is 0 Å². The number of hydrogen-bond donors (Lipinski definition) is 1. The van der Waals surface area contributed by atoms with Gasteiger partial charge in [-0.15, -0.1) is 0 Å². The summed E-state index contributed by atoms with van der Waals surface area (Å²) in [5, 5.41) is 2.83. The van der Waals surface area contributed by atoms with Gasteiger partial charge in [0.15, 0.2) is 6.61 Å². The van der Waals surface area contributed by atoms with Crippen molar-refractivity contribution in [3.05, 3.63) is 18.2 Å². The summed E-state index contributed by atoms with van der Waals surface area (Å²) < 4.78 is 38.0. The predicted molar refractivity (Wildman–Crippen MR) is 119 cm³/mol. The molecule has 31 heavy (non-hydrogen) atoms. The molecule has 172 valence electrons. The highest BCUT2D eigenvalue weighted by Gasteiger charge is 2.31. The molecule has 1 aromatic rings. The van der Waals surface area contributed by atoms with E-state index in [-0.39, 0.29) is 43.0 Å². The minimum absolute atomic E-state index is 0.0600. The van der Waals surface area contributed by atoms with Crippen LogP contribution in [0.3, 0.4) is 0 Å². The summed E-state index contributed by atoms with van der Waals surface area (Å²) in [4.78, 5) is 26.2. The number of anilines is 1. The van der Waals surface area contributed by atoms with Crippen molar-refractivity contribution in [2.75, 3.05) is 62.4 Å². The molecular formula is C20H29N3O6S2. The summed E-state index contributed by atoms with van der Waals surface area (Å²) in [5.74, 6) is 1.77. The quantitative estimate of drug-likeness (QED) is 0.509. The van der Waals surface area contributed by atoms with Crippen LogP contribution in [-0.2, 0) is 24.3 Å². The Hall–Kier alpha value is -1.82. The van der Waals surface area contributed by atoms with E-state index in [0.717, 1.165) is 24.3 Å². The van der Waals surface area contributed by atoms with Gasteiger partial charge in [-0.2, -0.15) is 16.1 Å². The van der Waals surface area contributed by atoms with Crippen molar-refractivity contribution in [3.8, 4) is 5.75 Å². The third kappa shape index (κ3) is 6.12. The highest BCUT2D eigenvalue weighted by molar-refractivity contribution is 7.99. The second-order valence-corrected chi connectivity index (χ2v) is 10.4. The fourth-order valence-corrected chi connectivity index (χ4v) is 5.57. The second kappa shape index (κ2) is 11.2. The highest BCUT2D eigenvalue weighted by atomic mass is 32.2. The molecule has 0 aromatic heterocycles. The Morgan fingerprint density at radius 1 is 1.23 bits per heavy atom. The molecule has 1 aromatic carbocycles. The summed E-state index contributed by atoms with van der Waals surface area (Å²) >= 11 is 1.85. The predicted octanol–water partition coefficient (Wildman–Crippen LogP) is 1.08. The van der Waals surface area contributed by atoms with Gasteiger partial charge in [0.05, 0.1) is 23.8 Å². The maximum atomic E-state index is 13.0. The first-order chi connectivity index (χ1) is 14.9. The van der Waals surface area contributed by atoms with Crippen LogP contribution in [0.15, 0.2) is 23.1 Å². The van der Waals surface area contributed by atoms with E-state index in [9.17, 15) is 18.0 Å². The van der Waals surface area contributed by atoms with Crippen molar-refractivity contribution < 1.29 is 27.5 Å². The largest absolute Gasteiger partial charge is 0.482 e. The molecule has 0 atom stereocenters. The average Bonchev–Trinajstić information content (AvgIpc) is 2.78. The van der Waals surface area contributed by atoms with Gasteiger partial charge in [0.25, 0.3) is 5.91 Å².